The van der Waals surface area contributed by atoms with Crippen molar-refractivity contribution in [1.29, 1.82) is 0 Å². The van der Waals surface area contributed by atoms with Gasteiger partial charge >= 0.3 is 0 Å². The topological polar surface area (TPSA) is 151 Å². The first-order valence-electron chi connectivity index (χ1n) is 8.80. The number of carbonyl (C=O) groups is 2. The van der Waals surface area contributed by atoms with E-state index in [1.54, 1.807) is 0 Å². The van der Waals surface area contributed by atoms with Crippen molar-refractivity contribution in [3.63, 3.8) is 0 Å². The van der Waals surface area contributed by atoms with E-state index in [0.29, 0.717) is 5.69 Å². The van der Waals surface area contributed by atoms with E-state index in [4.69, 9.17) is 11.6 Å². The van der Waals surface area contributed by atoms with Gasteiger partial charge in [-0.3, -0.25) is 14.3 Å². The van der Waals surface area contributed by atoms with Crippen LogP contribution in [-0.2, 0) is 24.8 Å². The Morgan fingerprint density at radius 3 is 2.32 bits per heavy atom. The van der Waals surface area contributed by atoms with Crippen LogP contribution in [0.4, 0.5) is 11.4 Å². The number of carbonyl (C=O) groups excluding carboxylic acids is 2. The average molecular weight is 489 g/mol. The molecule has 0 bridgehead atoms. The van der Waals surface area contributed by atoms with Crippen molar-refractivity contribution in [1.82, 2.24) is 10.0 Å². The summed E-state index contributed by atoms with van der Waals surface area (Å²) in [6, 6.07) is 9.78. The third kappa shape index (κ3) is 7.83. The fourth-order valence-electron chi connectivity index (χ4n) is 2.48. The molecule has 168 valence electrons. The summed E-state index contributed by atoms with van der Waals surface area (Å²) in [5, 5.41) is 5.27. The molecule has 2 amide bonds. The average Bonchev–Trinajstić information content (AvgIpc) is 2.65. The van der Waals surface area contributed by atoms with Gasteiger partial charge < -0.3 is 10.6 Å². The normalized spacial score (nSPS) is 11.6. The monoisotopic (exact) mass is 488 g/mol. The minimum Gasteiger partial charge on any atom is -0.351 e. The minimum absolute atomic E-state index is 0.00797. The van der Waals surface area contributed by atoms with Gasteiger partial charge in [0.1, 0.15) is 0 Å². The van der Waals surface area contributed by atoms with Crippen LogP contribution in [0.15, 0.2) is 47.4 Å². The maximum absolute atomic E-state index is 12.6. The van der Waals surface area contributed by atoms with E-state index in [0.717, 1.165) is 6.26 Å². The quantitative estimate of drug-likeness (QED) is 0.391. The molecular formula is C18H21ClN4O6S2. The van der Waals surface area contributed by atoms with Gasteiger partial charge in [-0.05, 0) is 36.4 Å². The van der Waals surface area contributed by atoms with Crippen molar-refractivity contribution in [2.45, 2.75) is 11.8 Å². The summed E-state index contributed by atoms with van der Waals surface area (Å²) in [4.78, 5) is 23.8. The largest absolute Gasteiger partial charge is 0.351 e. The lowest BCUT2D eigenvalue weighted by atomic mass is 10.1. The molecule has 0 heterocycles. The standard InChI is InChI=1S/C18H21ClN4O6S2/c1-12(24)22-14-6-7-17(23-30(2,26)27)16(11-14)18(25)20-8-9-21-31(28,29)15-5-3-4-13(19)10-15/h3-7,10-11,21,23H,8-9H2,1-2H3,(H,20,25)(H,22,24). The molecular weight excluding hydrogens is 468 g/mol. The smallest absolute Gasteiger partial charge is 0.253 e. The number of hydrogen-bond donors (Lipinski definition) is 4. The van der Waals surface area contributed by atoms with E-state index in [9.17, 15) is 26.4 Å². The highest BCUT2D eigenvalue weighted by Crippen LogP contribution is 2.22. The summed E-state index contributed by atoms with van der Waals surface area (Å²) in [7, 11) is -7.49. The van der Waals surface area contributed by atoms with Gasteiger partial charge in [0.2, 0.25) is 26.0 Å². The number of halogens is 1. The first-order chi connectivity index (χ1) is 14.4. The Kier molecular flexibility index (Phi) is 8.01. The highest BCUT2D eigenvalue weighted by atomic mass is 35.5. The van der Waals surface area contributed by atoms with Gasteiger partial charge in [0, 0.05) is 30.7 Å². The molecule has 0 aliphatic carbocycles. The summed E-state index contributed by atoms with van der Waals surface area (Å²) in [6.07, 6.45) is 0.932. The number of rotatable bonds is 9. The lowest BCUT2D eigenvalue weighted by Gasteiger charge is -2.13. The summed E-state index contributed by atoms with van der Waals surface area (Å²) in [5.41, 5.74) is 0.251. The molecule has 0 saturated carbocycles. The number of sulfonamides is 2. The van der Waals surface area contributed by atoms with Gasteiger partial charge in [-0.1, -0.05) is 17.7 Å². The van der Waals surface area contributed by atoms with Gasteiger partial charge in [-0.2, -0.15) is 0 Å². The first-order valence-corrected chi connectivity index (χ1v) is 12.6. The third-order valence-corrected chi connectivity index (χ3v) is 5.97. The number of amides is 2. The zero-order chi connectivity index (χ0) is 23.2. The molecule has 0 aliphatic rings. The van der Waals surface area contributed by atoms with Crippen LogP contribution in [0, 0.1) is 0 Å². The Hall–Kier alpha value is -2.67. The molecule has 0 aliphatic heterocycles. The molecule has 0 atom stereocenters. The molecule has 0 aromatic heterocycles. The van der Waals surface area contributed by atoms with Crippen molar-refractivity contribution < 1.29 is 26.4 Å². The van der Waals surface area contributed by atoms with E-state index < -0.39 is 26.0 Å². The minimum atomic E-state index is -3.82. The molecule has 0 unspecified atom stereocenters. The lowest BCUT2D eigenvalue weighted by molar-refractivity contribution is -0.114. The van der Waals surface area contributed by atoms with Gasteiger partial charge in [0.05, 0.1) is 22.4 Å². The Balaban J connectivity index is 2.08. The van der Waals surface area contributed by atoms with E-state index in [-0.39, 0.29) is 40.2 Å². The fraction of sp³-hybridized carbons (Fsp3) is 0.222. The molecule has 0 radical (unpaired) electrons. The third-order valence-electron chi connectivity index (χ3n) is 3.69. The summed E-state index contributed by atoms with van der Waals surface area (Å²) >= 11 is 5.80. The molecule has 4 N–H and O–H groups in total. The molecule has 10 nitrogen and oxygen atoms in total. The van der Waals surface area contributed by atoms with Crippen molar-refractivity contribution >= 4 is 54.8 Å². The second-order valence-corrected chi connectivity index (χ2v) is 10.4. The summed E-state index contributed by atoms with van der Waals surface area (Å²) in [5.74, 6) is -1.04. The molecule has 2 aromatic rings. The van der Waals surface area contributed by atoms with Crippen LogP contribution in [0.3, 0.4) is 0 Å². The lowest BCUT2D eigenvalue weighted by Crippen LogP contribution is -2.35. The molecule has 0 saturated heterocycles. The molecule has 13 heteroatoms. The van der Waals surface area contributed by atoms with Crippen LogP contribution in [-0.4, -0.2) is 48.0 Å². The molecule has 2 aromatic carbocycles. The Morgan fingerprint density at radius 2 is 1.71 bits per heavy atom. The Morgan fingerprint density at radius 1 is 1.00 bits per heavy atom. The second kappa shape index (κ2) is 10.1. The highest BCUT2D eigenvalue weighted by molar-refractivity contribution is 7.92. The number of anilines is 2. The van der Waals surface area contributed by atoms with Crippen molar-refractivity contribution in [3.8, 4) is 0 Å². The second-order valence-electron chi connectivity index (χ2n) is 6.43. The van der Waals surface area contributed by atoms with E-state index in [2.05, 4.69) is 20.1 Å². The number of hydrogen-bond acceptors (Lipinski definition) is 6. The predicted molar refractivity (Wildman–Crippen MR) is 118 cm³/mol. The predicted octanol–water partition coefficient (Wildman–Crippen LogP) is 1.38. The molecule has 0 spiro atoms. The van der Waals surface area contributed by atoms with Gasteiger partial charge in [-0.25, -0.2) is 21.6 Å². The highest BCUT2D eigenvalue weighted by Gasteiger charge is 2.17. The fourth-order valence-corrected chi connectivity index (χ4v) is 4.39. The van der Waals surface area contributed by atoms with Gasteiger partial charge in [0.15, 0.2) is 0 Å². The van der Waals surface area contributed by atoms with E-state index >= 15 is 0 Å². The van der Waals surface area contributed by atoms with Gasteiger partial charge in [0.25, 0.3) is 5.91 Å². The Labute approximate surface area is 185 Å². The van der Waals surface area contributed by atoms with E-state index in [1.165, 1.54) is 49.4 Å². The maximum atomic E-state index is 12.6. The SMILES string of the molecule is CC(=O)Nc1ccc(NS(C)(=O)=O)c(C(=O)NCCNS(=O)(=O)c2cccc(Cl)c2)c1. The molecule has 31 heavy (non-hydrogen) atoms. The first kappa shape index (κ1) is 24.6. The maximum Gasteiger partial charge on any atom is 0.253 e. The van der Waals surface area contributed by atoms with Crippen LogP contribution in [0.25, 0.3) is 0 Å². The van der Waals surface area contributed by atoms with Crippen LogP contribution in [0.5, 0.6) is 0 Å². The van der Waals surface area contributed by atoms with Crippen LogP contribution < -0.4 is 20.1 Å². The number of benzene rings is 2. The number of nitrogens with one attached hydrogen (secondary N) is 4. The zero-order valence-corrected chi connectivity index (χ0v) is 19.0. The summed E-state index contributed by atoms with van der Waals surface area (Å²) in [6.45, 7) is 1.08. The van der Waals surface area contributed by atoms with Crippen molar-refractivity contribution in [3.05, 3.63) is 53.1 Å². The zero-order valence-electron chi connectivity index (χ0n) is 16.6. The summed E-state index contributed by atoms with van der Waals surface area (Å²) < 4.78 is 52.2. The van der Waals surface area contributed by atoms with Crippen molar-refractivity contribution in [2.24, 2.45) is 0 Å². The molecule has 0 fully saturated rings. The van der Waals surface area contributed by atoms with Crippen molar-refractivity contribution in [2.75, 3.05) is 29.4 Å². The van der Waals surface area contributed by atoms with Crippen LogP contribution >= 0.6 is 11.6 Å². The van der Waals surface area contributed by atoms with Crippen LogP contribution in [0.2, 0.25) is 5.02 Å². The van der Waals surface area contributed by atoms with E-state index in [1.807, 2.05) is 0 Å². The van der Waals surface area contributed by atoms with Crippen LogP contribution in [0.1, 0.15) is 17.3 Å². The van der Waals surface area contributed by atoms with Gasteiger partial charge in [-0.15, -0.1) is 0 Å². The molecule has 2 rings (SSSR count). The Bertz CT molecular complexity index is 1200.